The minimum atomic E-state index is -0.922. The Morgan fingerprint density at radius 3 is 1.06 bits per heavy atom. The zero-order valence-electron chi connectivity index (χ0n) is 8.80. The number of carbonyl (C=O) groups excluding carboxylic acids is 3. The summed E-state index contributed by atoms with van der Waals surface area (Å²) in [7, 11) is 0. The van der Waals surface area contributed by atoms with Crippen LogP contribution >= 0.6 is 0 Å². The molecule has 0 spiro atoms. The van der Waals surface area contributed by atoms with Gasteiger partial charge in [0.05, 0.1) is 0 Å². The SMILES string of the molecule is NNC(=O)c1nc(C(=O)NN)nc(C(=O)NN)n1. The first-order chi connectivity index (χ1) is 8.53. The van der Waals surface area contributed by atoms with Crippen LogP contribution in [0.3, 0.4) is 0 Å². The molecule has 9 N–H and O–H groups in total. The number of carbonyl (C=O) groups is 3. The fraction of sp³-hybridized carbons (Fsp3) is 0. The van der Waals surface area contributed by atoms with Crippen LogP contribution in [0.5, 0.6) is 0 Å². The normalized spacial score (nSPS) is 9.50. The standard InChI is InChI=1S/C6H9N9O3/c7-13-4(16)1-10-2(5(17)14-8)12-3(11-1)6(18)15-9/h7-9H2,(H,13,16)(H,14,17)(H,15,18). The Labute approximate surface area is 99.2 Å². The van der Waals surface area contributed by atoms with Gasteiger partial charge in [0, 0.05) is 0 Å². The van der Waals surface area contributed by atoms with Crippen molar-refractivity contribution in [3.05, 3.63) is 17.5 Å². The maximum absolute atomic E-state index is 11.2. The molecular weight excluding hydrogens is 246 g/mol. The Hall–Kier alpha value is -2.70. The van der Waals surface area contributed by atoms with Crippen molar-refractivity contribution in [3.8, 4) is 0 Å². The van der Waals surface area contributed by atoms with E-state index in [1.807, 2.05) is 0 Å². The molecule has 0 bridgehead atoms. The number of hydrogen-bond donors (Lipinski definition) is 6. The molecule has 1 aromatic heterocycles. The van der Waals surface area contributed by atoms with Crippen molar-refractivity contribution >= 4 is 17.7 Å². The fourth-order valence-corrected chi connectivity index (χ4v) is 0.874. The van der Waals surface area contributed by atoms with Crippen LogP contribution < -0.4 is 33.8 Å². The maximum Gasteiger partial charge on any atom is 0.303 e. The summed E-state index contributed by atoms with van der Waals surface area (Å²) in [6.45, 7) is 0. The zero-order valence-corrected chi connectivity index (χ0v) is 8.80. The molecule has 0 unspecified atom stereocenters. The van der Waals surface area contributed by atoms with Crippen molar-refractivity contribution in [1.82, 2.24) is 31.2 Å². The maximum atomic E-state index is 11.2. The lowest BCUT2D eigenvalue weighted by Gasteiger charge is -2.04. The number of nitrogens with zero attached hydrogens (tertiary/aromatic N) is 3. The molecule has 96 valence electrons. The van der Waals surface area contributed by atoms with Gasteiger partial charge in [-0.05, 0) is 0 Å². The summed E-state index contributed by atoms with van der Waals surface area (Å²) >= 11 is 0. The van der Waals surface area contributed by atoms with Crippen molar-refractivity contribution in [2.45, 2.75) is 0 Å². The highest BCUT2D eigenvalue weighted by molar-refractivity contribution is 5.96. The first-order valence-corrected chi connectivity index (χ1v) is 4.32. The fourth-order valence-electron chi connectivity index (χ4n) is 0.874. The lowest BCUT2D eigenvalue weighted by Crippen LogP contribution is -2.38. The summed E-state index contributed by atoms with van der Waals surface area (Å²) in [5.74, 6) is 10.2. The molecule has 0 aliphatic heterocycles. The minimum Gasteiger partial charge on any atom is -0.287 e. The van der Waals surface area contributed by atoms with Crippen molar-refractivity contribution < 1.29 is 14.4 Å². The van der Waals surface area contributed by atoms with E-state index >= 15 is 0 Å². The van der Waals surface area contributed by atoms with Gasteiger partial charge >= 0.3 is 17.7 Å². The van der Waals surface area contributed by atoms with E-state index in [0.29, 0.717) is 0 Å². The molecule has 3 amide bonds. The van der Waals surface area contributed by atoms with Gasteiger partial charge in [0.15, 0.2) is 0 Å². The molecule has 0 atom stereocenters. The third kappa shape index (κ3) is 2.70. The number of rotatable bonds is 3. The van der Waals surface area contributed by atoms with E-state index in [4.69, 9.17) is 17.5 Å². The quantitative estimate of drug-likeness (QED) is 0.175. The third-order valence-electron chi connectivity index (χ3n) is 1.64. The second-order valence-electron chi connectivity index (χ2n) is 2.73. The van der Waals surface area contributed by atoms with E-state index in [9.17, 15) is 14.4 Å². The monoisotopic (exact) mass is 255 g/mol. The summed E-state index contributed by atoms with van der Waals surface area (Å²) in [5, 5.41) is 0. The van der Waals surface area contributed by atoms with E-state index in [1.54, 1.807) is 16.3 Å². The van der Waals surface area contributed by atoms with Crippen LogP contribution in [0.1, 0.15) is 31.9 Å². The van der Waals surface area contributed by atoms with Crippen LogP contribution in [-0.4, -0.2) is 32.7 Å². The zero-order chi connectivity index (χ0) is 13.7. The summed E-state index contributed by atoms with van der Waals surface area (Å²) < 4.78 is 0. The van der Waals surface area contributed by atoms with Crippen molar-refractivity contribution in [3.63, 3.8) is 0 Å². The molecule has 1 aromatic rings. The molecule has 18 heavy (non-hydrogen) atoms. The van der Waals surface area contributed by atoms with Gasteiger partial charge in [0.25, 0.3) is 0 Å². The largest absolute Gasteiger partial charge is 0.303 e. The molecule has 0 aliphatic carbocycles. The molecule has 0 radical (unpaired) electrons. The molecule has 12 heteroatoms. The predicted octanol–water partition coefficient (Wildman–Crippen LogP) is -4.32. The molecule has 0 saturated heterocycles. The summed E-state index contributed by atoms with van der Waals surface area (Å²) in [5.41, 5.74) is 5.20. The van der Waals surface area contributed by atoms with Crippen LogP contribution in [0.4, 0.5) is 0 Å². The van der Waals surface area contributed by atoms with E-state index in [-0.39, 0.29) is 0 Å². The van der Waals surface area contributed by atoms with Crippen LogP contribution in [0, 0.1) is 0 Å². The molecule has 1 heterocycles. The lowest BCUT2D eigenvalue weighted by molar-refractivity contribution is 0.0928. The third-order valence-corrected chi connectivity index (χ3v) is 1.64. The number of nitrogens with one attached hydrogen (secondary N) is 3. The molecule has 0 aromatic carbocycles. The Kier molecular flexibility index (Phi) is 4.14. The second-order valence-corrected chi connectivity index (χ2v) is 2.73. The van der Waals surface area contributed by atoms with Crippen LogP contribution in [0.25, 0.3) is 0 Å². The highest BCUT2D eigenvalue weighted by Crippen LogP contribution is 1.97. The summed E-state index contributed by atoms with van der Waals surface area (Å²) in [4.78, 5) is 44.1. The number of aromatic nitrogens is 3. The highest BCUT2D eigenvalue weighted by atomic mass is 16.2. The van der Waals surface area contributed by atoms with E-state index in [0.717, 1.165) is 0 Å². The molecule has 12 nitrogen and oxygen atoms in total. The van der Waals surface area contributed by atoms with Gasteiger partial charge in [-0.25, -0.2) is 17.5 Å². The van der Waals surface area contributed by atoms with Gasteiger partial charge in [-0.15, -0.1) is 0 Å². The topological polar surface area (TPSA) is 204 Å². The number of hydrogen-bond acceptors (Lipinski definition) is 9. The van der Waals surface area contributed by atoms with Gasteiger partial charge in [0.1, 0.15) is 0 Å². The number of nitrogens with two attached hydrogens (primary N) is 3. The van der Waals surface area contributed by atoms with Gasteiger partial charge < -0.3 is 0 Å². The van der Waals surface area contributed by atoms with Gasteiger partial charge in [-0.2, -0.15) is 15.0 Å². The Bertz CT molecular complexity index is 417. The molecule has 0 aliphatic rings. The smallest absolute Gasteiger partial charge is 0.287 e. The Morgan fingerprint density at radius 2 is 0.889 bits per heavy atom. The molecule has 0 saturated carbocycles. The molecule has 0 fully saturated rings. The average Bonchev–Trinajstić information content (AvgIpc) is 2.43. The molecular formula is C6H9N9O3. The van der Waals surface area contributed by atoms with Gasteiger partial charge in [-0.1, -0.05) is 0 Å². The first kappa shape index (κ1) is 13.4. The van der Waals surface area contributed by atoms with Crippen LogP contribution in [-0.2, 0) is 0 Å². The number of hydrazine groups is 3. The van der Waals surface area contributed by atoms with Gasteiger partial charge in [-0.3, -0.25) is 30.7 Å². The lowest BCUT2D eigenvalue weighted by atomic mass is 10.4. The summed E-state index contributed by atoms with van der Waals surface area (Å²) in [6.07, 6.45) is 0. The van der Waals surface area contributed by atoms with Crippen molar-refractivity contribution in [2.24, 2.45) is 17.5 Å². The van der Waals surface area contributed by atoms with E-state index in [2.05, 4.69) is 15.0 Å². The van der Waals surface area contributed by atoms with Gasteiger partial charge in [0.2, 0.25) is 17.5 Å². The van der Waals surface area contributed by atoms with E-state index < -0.39 is 35.2 Å². The van der Waals surface area contributed by atoms with Crippen LogP contribution in [0.15, 0.2) is 0 Å². The molecule has 1 rings (SSSR count). The van der Waals surface area contributed by atoms with Crippen LogP contribution in [0.2, 0.25) is 0 Å². The average molecular weight is 255 g/mol. The number of nitrogen functional groups attached to an aromatic ring is 3. The van der Waals surface area contributed by atoms with Crippen molar-refractivity contribution in [2.75, 3.05) is 0 Å². The summed E-state index contributed by atoms with van der Waals surface area (Å²) in [6, 6.07) is 0. The predicted molar refractivity (Wildman–Crippen MR) is 54.8 cm³/mol. The first-order valence-electron chi connectivity index (χ1n) is 4.32. The Morgan fingerprint density at radius 1 is 0.667 bits per heavy atom. The number of amides is 3. The van der Waals surface area contributed by atoms with Crippen molar-refractivity contribution in [1.29, 1.82) is 0 Å². The second kappa shape index (κ2) is 5.58. The minimum absolute atomic E-state index is 0.537. The highest BCUT2D eigenvalue weighted by Gasteiger charge is 2.19. The Balaban J connectivity index is 3.32. The van der Waals surface area contributed by atoms with E-state index in [1.165, 1.54) is 0 Å².